The van der Waals surface area contributed by atoms with E-state index in [2.05, 4.69) is 6.58 Å². The van der Waals surface area contributed by atoms with Gasteiger partial charge in [-0.05, 0) is 29.7 Å². The Morgan fingerprint density at radius 2 is 1.34 bits per heavy atom. The second-order valence-electron chi connectivity index (χ2n) is 7.37. The third kappa shape index (κ3) is 5.41. The molecule has 2 atom stereocenters. The molecule has 0 fully saturated rings. The number of hydrogen-bond acceptors (Lipinski definition) is 4. The number of hydrogen-bond donors (Lipinski definition) is 1. The predicted molar refractivity (Wildman–Crippen MR) is 126 cm³/mol. The summed E-state index contributed by atoms with van der Waals surface area (Å²) in [5.74, 6) is -0.545. The van der Waals surface area contributed by atoms with Crippen LogP contribution in [0.25, 0.3) is 0 Å². The van der Waals surface area contributed by atoms with Crippen molar-refractivity contribution in [2.75, 3.05) is 6.61 Å². The topological polar surface area (TPSA) is 55.8 Å². The van der Waals surface area contributed by atoms with Crippen molar-refractivity contribution in [2.45, 2.75) is 24.7 Å². The summed E-state index contributed by atoms with van der Waals surface area (Å²) in [6, 6.07) is 29.8. The minimum absolute atomic E-state index is 0.116. The summed E-state index contributed by atoms with van der Waals surface area (Å²) in [5.41, 5.74) is 1.85. The van der Waals surface area contributed by atoms with Gasteiger partial charge in [0.25, 0.3) is 0 Å². The molecule has 32 heavy (non-hydrogen) atoms. The van der Waals surface area contributed by atoms with Gasteiger partial charge in [0.05, 0.1) is 12.2 Å². The smallest absolute Gasteiger partial charge is 0.330 e. The van der Waals surface area contributed by atoms with Crippen LogP contribution in [-0.2, 0) is 19.9 Å². The molecular weight excluding hydrogens is 400 g/mol. The van der Waals surface area contributed by atoms with Gasteiger partial charge in [0, 0.05) is 6.08 Å². The van der Waals surface area contributed by atoms with Crippen LogP contribution in [0.15, 0.2) is 116 Å². The fourth-order valence-corrected chi connectivity index (χ4v) is 3.59. The molecule has 0 aliphatic rings. The van der Waals surface area contributed by atoms with Crippen LogP contribution in [0.5, 0.6) is 0 Å². The average Bonchev–Trinajstić information content (AvgIpc) is 2.86. The van der Waals surface area contributed by atoms with E-state index in [0.29, 0.717) is 0 Å². The highest BCUT2D eigenvalue weighted by Gasteiger charge is 2.39. The molecule has 0 bridgehead atoms. The molecule has 3 aromatic carbocycles. The number of carbonyl (C=O) groups is 1. The highest BCUT2D eigenvalue weighted by atomic mass is 16.5. The maximum Gasteiger partial charge on any atom is 0.330 e. The summed E-state index contributed by atoms with van der Waals surface area (Å²) in [5, 5.41) is 10.8. The molecule has 3 aromatic rings. The first-order valence-electron chi connectivity index (χ1n) is 10.6. The highest BCUT2D eigenvalue weighted by Crippen LogP contribution is 2.41. The molecule has 0 heterocycles. The minimum atomic E-state index is -1.03. The van der Waals surface area contributed by atoms with Gasteiger partial charge in [-0.15, -0.1) is 0 Å². The van der Waals surface area contributed by atoms with E-state index in [4.69, 9.17) is 9.47 Å². The van der Waals surface area contributed by atoms with Crippen LogP contribution < -0.4 is 0 Å². The van der Waals surface area contributed by atoms with Crippen molar-refractivity contribution in [3.05, 3.63) is 132 Å². The molecule has 0 radical (unpaired) electrons. The minimum Gasteiger partial charge on any atom is -0.458 e. The first-order chi connectivity index (χ1) is 15.6. The lowest BCUT2D eigenvalue weighted by atomic mass is 9.80. The molecule has 164 valence electrons. The number of esters is 1. The Labute approximate surface area is 189 Å². The average molecular weight is 429 g/mol. The van der Waals surface area contributed by atoms with Crippen LogP contribution in [0, 0.1) is 0 Å². The quantitative estimate of drug-likeness (QED) is 0.213. The van der Waals surface area contributed by atoms with Crippen LogP contribution in [0.3, 0.4) is 0 Å². The van der Waals surface area contributed by atoms with E-state index in [-0.39, 0.29) is 6.61 Å². The van der Waals surface area contributed by atoms with Crippen LogP contribution in [-0.4, -0.2) is 29.9 Å². The van der Waals surface area contributed by atoms with Gasteiger partial charge in [-0.25, -0.2) is 4.79 Å². The van der Waals surface area contributed by atoms with Gasteiger partial charge in [-0.3, -0.25) is 0 Å². The van der Waals surface area contributed by atoms with Crippen molar-refractivity contribution in [1.82, 2.24) is 0 Å². The second-order valence-corrected chi connectivity index (χ2v) is 7.37. The Morgan fingerprint density at radius 3 is 1.75 bits per heavy atom. The van der Waals surface area contributed by atoms with E-state index >= 15 is 0 Å². The molecule has 1 N–H and O–H groups in total. The van der Waals surface area contributed by atoms with Gasteiger partial charge in [-0.1, -0.05) is 104 Å². The van der Waals surface area contributed by atoms with Gasteiger partial charge in [0.15, 0.2) is 0 Å². The van der Waals surface area contributed by atoms with Crippen LogP contribution >= 0.6 is 0 Å². The van der Waals surface area contributed by atoms with E-state index < -0.39 is 23.8 Å². The van der Waals surface area contributed by atoms with Crippen molar-refractivity contribution in [3.63, 3.8) is 0 Å². The Balaban J connectivity index is 2.02. The normalized spacial score (nSPS) is 13.4. The lowest BCUT2D eigenvalue weighted by molar-refractivity contribution is -0.136. The molecule has 3 rings (SSSR count). The standard InChI is InChI=1S/C28H28O4/c1-3-21-31-27(30)20-19-26(29)22(2)32-28(23-13-7-4-8-14-23,24-15-9-5-10-16-24)25-17-11-6-12-18-25/h3-20,22,26,29H,1,21H2,2H3/b20-19+/t22-,26+/m0/s1. The maximum absolute atomic E-state index is 11.8. The number of carbonyl (C=O) groups excluding carboxylic acids is 1. The van der Waals surface area contributed by atoms with Crippen LogP contribution in [0.2, 0.25) is 0 Å². The van der Waals surface area contributed by atoms with Gasteiger partial charge in [0.1, 0.15) is 12.2 Å². The molecule has 4 nitrogen and oxygen atoms in total. The zero-order valence-corrected chi connectivity index (χ0v) is 18.1. The zero-order chi connectivity index (χ0) is 22.8. The van der Waals surface area contributed by atoms with Crippen LogP contribution in [0.4, 0.5) is 0 Å². The fourth-order valence-electron chi connectivity index (χ4n) is 3.59. The van der Waals surface area contributed by atoms with Crippen molar-refractivity contribution in [3.8, 4) is 0 Å². The SMILES string of the molecule is C=CCOC(=O)/C=C/[C@@H](O)[C@H](C)OC(c1ccccc1)(c1ccccc1)c1ccccc1. The summed E-state index contributed by atoms with van der Waals surface area (Å²) in [4.78, 5) is 11.8. The van der Waals surface area contributed by atoms with Gasteiger partial charge in [-0.2, -0.15) is 0 Å². The van der Waals surface area contributed by atoms with E-state index in [1.807, 2.05) is 91.0 Å². The summed E-state index contributed by atoms with van der Waals surface area (Å²) < 4.78 is 11.6. The third-order valence-electron chi connectivity index (χ3n) is 5.16. The summed E-state index contributed by atoms with van der Waals surface area (Å²) in [6.45, 7) is 5.41. The van der Waals surface area contributed by atoms with Gasteiger partial charge < -0.3 is 14.6 Å². The Hall–Kier alpha value is -3.47. The number of benzene rings is 3. The number of aliphatic hydroxyl groups excluding tert-OH is 1. The Bertz CT molecular complexity index is 916. The molecule has 0 amide bonds. The molecule has 0 aliphatic heterocycles. The first kappa shape index (κ1) is 23.2. The molecular formula is C28H28O4. The Morgan fingerprint density at radius 1 is 0.906 bits per heavy atom. The van der Waals surface area contributed by atoms with Crippen molar-refractivity contribution in [1.29, 1.82) is 0 Å². The van der Waals surface area contributed by atoms with Gasteiger partial charge in [0.2, 0.25) is 0 Å². The number of aliphatic hydroxyl groups is 1. The van der Waals surface area contributed by atoms with Gasteiger partial charge >= 0.3 is 5.97 Å². The van der Waals surface area contributed by atoms with E-state index in [1.165, 1.54) is 18.2 Å². The fraction of sp³-hybridized carbons (Fsp3) is 0.179. The largest absolute Gasteiger partial charge is 0.458 e. The van der Waals surface area contributed by atoms with E-state index in [1.54, 1.807) is 6.92 Å². The van der Waals surface area contributed by atoms with Crippen LogP contribution in [0.1, 0.15) is 23.6 Å². The highest BCUT2D eigenvalue weighted by molar-refractivity contribution is 5.82. The molecule has 0 saturated heterocycles. The lowest BCUT2D eigenvalue weighted by Crippen LogP contribution is -2.39. The maximum atomic E-state index is 11.8. The second kappa shape index (κ2) is 11.2. The summed E-state index contributed by atoms with van der Waals surface area (Å²) in [6.07, 6.45) is 2.42. The molecule has 0 unspecified atom stereocenters. The molecule has 4 heteroatoms. The predicted octanol–water partition coefficient (Wildman–Crippen LogP) is 5.03. The monoisotopic (exact) mass is 428 g/mol. The zero-order valence-electron chi connectivity index (χ0n) is 18.1. The summed E-state index contributed by atoms with van der Waals surface area (Å²) in [7, 11) is 0. The summed E-state index contributed by atoms with van der Waals surface area (Å²) >= 11 is 0. The Kier molecular flexibility index (Phi) is 8.14. The molecule has 0 aromatic heterocycles. The lowest BCUT2D eigenvalue weighted by Gasteiger charge is -2.39. The van der Waals surface area contributed by atoms with E-state index in [0.717, 1.165) is 16.7 Å². The molecule has 0 spiro atoms. The third-order valence-corrected chi connectivity index (χ3v) is 5.16. The molecule has 0 saturated carbocycles. The van der Waals surface area contributed by atoms with Crippen molar-refractivity contribution < 1.29 is 19.4 Å². The van der Waals surface area contributed by atoms with Crippen molar-refractivity contribution in [2.24, 2.45) is 0 Å². The number of rotatable bonds is 10. The number of ether oxygens (including phenoxy) is 2. The first-order valence-corrected chi connectivity index (χ1v) is 10.6. The van der Waals surface area contributed by atoms with Crippen molar-refractivity contribution >= 4 is 5.97 Å². The van der Waals surface area contributed by atoms with E-state index in [9.17, 15) is 9.90 Å². The molecule has 0 aliphatic carbocycles.